The average molecular weight is 191 g/mol. The highest BCUT2D eigenvalue weighted by molar-refractivity contribution is 6.03. The third-order valence-electron chi connectivity index (χ3n) is 2.49. The van der Waals surface area contributed by atoms with Gasteiger partial charge in [0.15, 0.2) is 0 Å². The number of oxime groups is 1. The molecule has 0 spiro atoms. The molecular weight excluding hydrogens is 178 g/mol. The van der Waals surface area contributed by atoms with Gasteiger partial charge in [0.1, 0.15) is 5.75 Å². The Morgan fingerprint density at radius 2 is 2.36 bits per heavy atom. The molecule has 3 heteroatoms. The minimum absolute atomic E-state index is 0.601. The fourth-order valence-electron chi connectivity index (χ4n) is 1.75. The minimum Gasteiger partial charge on any atom is -0.492 e. The van der Waals surface area contributed by atoms with E-state index in [4.69, 9.17) is 9.94 Å². The molecule has 1 aliphatic rings. The predicted octanol–water partition coefficient (Wildman–Crippen LogP) is 2.21. The molecule has 0 amide bonds. The number of hydrogen-bond donors (Lipinski definition) is 1. The van der Waals surface area contributed by atoms with Crippen molar-refractivity contribution in [2.24, 2.45) is 5.16 Å². The van der Waals surface area contributed by atoms with Crippen LogP contribution in [0.3, 0.4) is 0 Å². The van der Waals surface area contributed by atoms with Crippen LogP contribution in [0, 0.1) is 0 Å². The molecule has 1 aliphatic heterocycles. The topological polar surface area (TPSA) is 41.8 Å². The fraction of sp³-hybridized carbons (Fsp3) is 0.364. The molecule has 3 nitrogen and oxygen atoms in total. The lowest BCUT2D eigenvalue weighted by atomic mass is 9.99. The highest BCUT2D eigenvalue weighted by Crippen LogP contribution is 2.29. The molecule has 14 heavy (non-hydrogen) atoms. The van der Waals surface area contributed by atoms with Crippen LogP contribution < -0.4 is 4.74 Å². The first-order chi connectivity index (χ1) is 6.86. The van der Waals surface area contributed by atoms with Crippen LogP contribution in [0.5, 0.6) is 5.75 Å². The van der Waals surface area contributed by atoms with Crippen molar-refractivity contribution in [3.05, 3.63) is 29.3 Å². The summed E-state index contributed by atoms with van der Waals surface area (Å²) in [5, 5.41) is 12.1. The SMILES string of the molecule is CCc1cccc2c1OCC/C2=N\O. The van der Waals surface area contributed by atoms with Crippen LogP contribution in [0.15, 0.2) is 23.4 Å². The molecule has 0 fully saturated rings. The zero-order valence-electron chi connectivity index (χ0n) is 8.16. The van der Waals surface area contributed by atoms with Gasteiger partial charge < -0.3 is 9.94 Å². The summed E-state index contributed by atoms with van der Waals surface area (Å²) in [7, 11) is 0. The third kappa shape index (κ3) is 1.35. The molecule has 1 heterocycles. The van der Waals surface area contributed by atoms with Crippen LogP contribution in [0.1, 0.15) is 24.5 Å². The summed E-state index contributed by atoms with van der Waals surface area (Å²) in [4.78, 5) is 0. The van der Waals surface area contributed by atoms with Crippen molar-refractivity contribution in [1.29, 1.82) is 0 Å². The number of ether oxygens (including phenoxy) is 1. The third-order valence-corrected chi connectivity index (χ3v) is 2.49. The monoisotopic (exact) mass is 191 g/mol. The van der Waals surface area contributed by atoms with E-state index in [0.29, 0.717) is 13.0 Å². The van der Waals surface area contributed by atoms with Crippen molar-refractivity contribution in [3.63, 3.8) is 0 Å². The molecule has 0 saturated heterocycles. The van der Waals surface area contributed by atoms with Gasteiger partial charge >= 0.3 is 0 Å². The van der Waals surface area contributed by atoms with E-state index in [-0.39, 0.29) is 0 Å². The largest absolute Gasteiger partial charge is 0.492 e. The number of benzene rings is 1. The number of rotatable bonds is 1. The summed E-state index contributed by atoms with van der Waals surface area (Å²) in [6.45, 7) is 2.69. The highest BCUT2D eigenvalue weighted by atomic mass is 16.5. The molecule has 0 unspecified atom stereocenters. The average Bonchev–Trinajstić information content (AvgIpc) is 2.27. The molecule has 1 aromatic carbocycles. The van der Waals surface area contributed by atoms with Crippen molar-refractivity contribution in [1.82, 2.24) is 0 Å². The molecule has 0 radical (unpaired) electrons. The predicted molar refractivity (Wildman–Crippen MR) is 54.3 cm³/mol. The number of fused-ring (bicyclic) bond motifs is 1. The minimum atomic E-state index is 0.601. The smallest absolute Gasteiger partial charge is 0.131 e. The molecule has 0 aliphatic carbocycles. The van der Waals surface area contributed by atoms with E-state index >= 15 is 0 Å². The zero-order chi connectivity index (χ0) is 9.97. The first-order valence-corrected chi connectivity index (χ1v) is 4.82. The van der Waals surface area contributed by atoms with Gasteiger partial charge in [-0.05, 0) is 18.1 Å². The summed E-state index contributed by atoms with van der Waals surface area (Å²) in [6.07, 6.45) is 1.61. The maximum Gasteiger partial charge on any atom is 0.131 e. The van der Waals surface area contributed by atoms with Crippen LogP contribution in [0.25, 0.3) is 0 Å². The van der Waals surface area contributed by atoms with Crippen LogP contribution >= 0.6 is 0 Å². The number of nitrogens with zero attached hydrogens (tertiary/aromatic N) is 1. The first-order valence-electron chi connectivity index (χ1n) is 4.82. The molecule has 0 bridgehead atoms. The Labute approximate surface area is 83.0 Å². The van der Waals surface area contributed by atoms with Crippen molar-refractivity contribution in [2.75, 3.05) is 6.61 Å². The summed E-state index contributed by atoms with van der Waals surface area (Å²) < 4.78 is 5.59. The number of aryl methyl sites for hydroxylation is 1. The quantitative estimate of drug-likeness (QED) is 0.546. The summed E-state index contributed by atoms with van der Waals surface area (Å²) in [5.41, 5.74) is 2.82. The van der Waals surface area contributed by atoms with Crippen molar-refractivity contribution in [3.8, 4) is 5.75 Å². The maximum absolute atomic E-state index is 8.83. The molecule has 74 valence electrons. The summed E-state index contributed by atoms with van der Waals surface area (Å²) >= 11 is 0. The normalized spacial score (nSPS) is 17.6. The van der Waals surface area contributed by atoms with E-state index in [0.717, 1.165) is 23.4 Å². The lowest BCUT2D eigenvalue weighted by Crippen LogP contribution is -2.17. The lowest BCUT2D eigenvalue weighted by molar-refractivity contribution is 0.296. The van der Waals surface area contributed by atoms with Gasteiger partial charge in [-0.15, -0.1) is 0 Å². The second kappa shape index (κ2) is 3.70. The molecule has 2 rings (SSSR count). The van der Waals surface area contributed by atoms with Crippen molar-refractivity contribution >= 4 is 5.71 Å². The Morgan fingerprint density at radius 3 is 3.07 bits per heavy atom. The lowest BCUT2D eigenvalue weighted by Gasteiger charge is -2.20. The zero-order valence-corrected chi connectivity index (χ0v) is 8.16. The van der Waals surface area contributed by atoms with Crippen molar-refractivity contribution in [2.45, 2.75) is 19.8 Å². The Balaban J connectivity index is 2.55. The summed E-state index contributed by atoms with van der Waals surface area (Å²) in [5.74, 6) is 0.883. The Kier molecular flexibility index (Phi) is 2.39. The van der Waals surface area contributed by atoms with Crippen LogP contribution in [0.4, 0.5) is 0 Å². The first kappa shape index (κ1) is 9.06. The van der Waals surface area contributed by atoms with E-state index in [1.54, 1.807) is 0 Å². The molecule has 0 atom stereocenters. The number of para-hydroxylation sites is 1. The maximum atomic E-state index is 8.83. The fourth-order valence-corrected chi connectivity index (χ4v) is 1.75. The second-order valence-electron chi connectivity index (χ2n) is 3.29. The Hall–Kier alpha value is -1.51. The second-order valence-corrected chi connectivity index (χ2v) is 3.29. The van der Waals surface area contributed by atoms with E-state index in [1.807, 2.05) is 18.2 Å². The van der Waals surface area contributed by atoms with Gasteiger partial charge in [-0.1, -0.05) is 24.2 Å². The molecule has 0 saturated carbocycles. The summed E-state index contributed by atoms with van der Waals surface area (Å²) in [6, 6.07) is 5.94. The Bertz CT molecular complexity index is 372. The van der Waals surface area contributed by atoms with Crippen LogP contribution in [0.2, 0.25) is 0 Å². The van der Waals surface area contributed by atoms with Gasteiger partial charge in [-0.25, -0.2) is 0 Å². The van der Waals surface area contributed by atoms with E-state index in [2.05, 4.69) is 12.1 Å². The molecule has 1 N–H and O–H groups in total. The van der Waals surface area contributed by atoms with Gasteiger partial charge in [-0.2, -0.15) is 0 Å². The van der Waals surface area contributed by atoms with Gasteiger partial charge in [0.2, 0.25) is 0 Å². The molecular formula is C11H13NO2. The van der Waals surface area contributed by atoms with E-state index in [9.17, 15) is 0 Å². The van der Waals surface area contributed by atoms with Gasteiger partial charge in [0.05, 0.1) is 12.3 Å². The Morgan fingerprint density at radius 1 is 1.50 bits per heavy atom. The van der Waals surface area contributed by atoms with Crippen LogP contribution in [-0.2, 0) is 6.42 Å². The number of hydrogen-bond acceptors (Lipinski definition) is 3. The van der Waals surface area contributed by atoms with E-state index in [1.165, 1.54) is 5.56 Å². The standard InChI is InChI=1S/C11H13NO2/c1-2-8-4-3-5-9-10(12-13)6-7-14-11(8)9/h3-5,13H,2,6-7H2,1H3/b12-10+. The van der Waals surface area contributed by atoms with E-state index < -0.39 is 0 Å². The highest BCUT2D eigenvalue weighted by Gasteiger charge is 2.18. The van der Waals surface area contributed by atoms with Gasteiger partial charge in [-0.3, -0.25) is 0 Å². The molecule has 1 aromatic rings. The van der Waals surface area contributed by atoms with Crippen LogP contribution in [-0.4, -0.2) is 17.5 Å². The van der Waals surface area contributed by atoms with Crippen molar-refractivity contribution < 1.29 is 9.94 Å². The van der Waals surface area contributed by atoms with Gasteiger partial charge in [0.25, 0.3) is 0 Å². The van der Waals surface area contributed by atoms with Gasteiger partial charge in [0, 0.05) is 12.0 Å². The molecule has 0 aromatic heterocycles.